The van der Waals surface area contributed by atoms with E-state index in [9.17, 15) is 0 Å². The van der Waals surface area contributed by atoms with E-state index in [1.165, 1.54) is 78.2 Å². The summed E-state index contributed by atoms with van der Waals surface area (Å²) in [7, 11) is 0. The fourth-order valence-corrected chi connectivity index (χ4v) is 4.15. The highest BCUT2D eigenvalue weighted by molar-refractivity contribution is 4.70. The molecule has 0 aromatic carbocycles. The van der Waals surface area contributed by atoms with Crippen LogP contribution in [0.25, 0.3) is 0 Å². The van der Waals surface area contributed by atoms with Gasteiger partial charge in [0.1, 0.15) is 0 Å². The van der Waals surface area contributed by atoms with Crippen molar-refractivity contribution in [3.05, 3.63) is 0 Å². The van der Waals surface area contributed by atoms with E-state index in [0.717, 1.165) is 37.8 Å². The van der Waals surface area contributed by atoms with Crippen LogP contribution in [0.1, 0.15) is 60.8 Å². The maximum atomic E-state index is 3.42. The summed E-state index contributed by atoms with van der Waals surface area (Å²) in [5.41, 5.74) is 0. The summed E-state index contributed by atoms with van der Waals surface area (Å²) in [6.45, 7) is 28.2. The van der Waals surface area contributed by atoms with Gasteiger partial charge in [0.05, 0.1) is 0 Å². The van der Waals surface area contributed by atoms with E-state index in [2.05, 4.69) is 72.2 Å². The molecule has 0 unspecified atom stereocenters. The Kier molecular flexibility index (Phi) is 16.1. The van der Waals surface area contributed by atoms with E-state index in [-0.39, 0.29) is 0 Å². The lowest BCUT2D eigenvalue weighted by Crippen LogP contribution is -2.46. The fourth-order valence-electron chi connectivity index (χ4n) is 4.15. The van der Waals surface area contributed by atoms with E-state index in [1.807, 2.05) is 0 Å². The minimum Gasteiger partial charge on any atom is -0.317 e. The highest BCUT2D eigenvalue weighted by Gasteiger charge is 2.12. The quantitative estimate of drug-likeness (QED) is 0.642. The van der Waals surface area contributed by atoms with Crippen molar-refractivity contribution in [3.63, 3.8) is 0 Å². The number of hydrogen-bond acceptors (Lipinski definition) is 6. The van der Waals surface area contributed by atoms with Crippen molar-refractivity contribution in [2.24, 2.45) is 0 Å². The van der Waals surface area contributed by atoms with Crippen molar-refractivity contribution in [1.29, 1.82) is 0 Å². The van der Waals surface area contributed by atoms with Gasteiger partial charge in [-0.25, -0.2) is 0 Å². The van der Waals surface area contributed by atoms with Crippen molar-refractivity contribution in [3.8, 4) is 0 Å². The van der Waals surface area contributed by atoms with Gasteiger partial charge in [-0.1, -0.05) is 0 Å². The van der Waals surface area contributed by atoms with E-state index >= 15 is 0 Å². The molecule has 0 spiro atoms. The standard InChI is InChI=1S/C9H20N2.C8H18N2.C7H16N2/c1-9(2)11-7-3-5-10-6-4-8-11;1-8(2)10-6-3-4-9-5-7-10;1-7(2)9-5-3-8-4-6-9/h9-10H,3-8H2,1-2H3;8-9H,3-7H2,1-2H3;7-8H,3-6H2,1-2H3. The van der Waals surface area contributed by atoms with E-state index in [4.69, 9.17) is 0 Å². The third-order valence-corrected chi connectivity index (χ3v) is 6.31. The summed E-state index contributed by atoms with van der Waals surface area (Å²) in [5, 5.41) is 10.1. The summed E-state index contributed by atoms with van der Waals surface area (Å²) >= 11 is 0. The lowest BCUT2D eigenvalue weighted by molar-refractivity contribution is 0.196. The largest absolute Gasteiger partial charge is 0.317 e. The van der Waals surface area contributed by atoms with Crippen LogP contribution < -0.4 is 16.0 Å². The first-order chi connectivity index (χ1) is 14.4. The van der Waals surface area contributed by atoms with Crippen LogP contribution in [0, 0.1) is 0 Å². The molecule has 0 aliphatic carbocycles. The second-order valence-electron chi connectivity index (χ2n) is 9.70. The maximum absolute atomic E-state index is 3.42. The molecule has 6 nitrogen and oxygen atoms in total. The second-order valence-corrected chi connectivity index (χ2v) is 9.70. The first-order valence-electron chi connectivity index (χ1n) is 12.8. The van der Waals surface area contributed by atoms with Gasteiger partial charge < -0.3 is 20.9 Å². The van der Waals surface area contributed by atoms with Crippen LogP contribution in [0.5, 0.6) is 0 Å². The maximum Gasteiger partial charge on any atom is 0.0110 e. The van der Waals surface area contributed by atoms with Crippen molar-refractivity contribution in [2.45, 2.75) is 78.9 Å². The summed E-state index contributed by atoms with van der Waals surface area (Å²) in [4.78, 5) is 7.59. The van der Waals surface area contributed by atoms with Crippen molar-refractivity contribution >= 4 is 0 Å². The van der Waals surface area contributed by atoms with Crippen LogP contribution in [0.2, 0.25) is 0 Å². The molecular formula is C24H54N6. The van der Waals surface area contributed by atoms with Crippen molar-refractivity contribution < 1.29 is 0 Å². The molecule has 0 aromatic heterocycles. The molecule has 0 saturated carbocycles. The first-order valence-corrected chi connectivity index (χ1v) is 12.8. The SMILES string of the molecule is CC(C)N1CCCNCC1.CC(C)N1CCCNCCC1.CC(C)N1CCNCC1. The predicted octanol–water partition coefficient (Wildman–Crippen LogP) is 2.07. The Bertz CT molecular complexity index is 366. The lowest BCUT2D eigenvalue weighted by Gasteiger charge is -2.30. The molecule has 3 N–H and O–H groups in total. The zero-order valence-corrected chi connectivity index (χ0v) is 21.2. The highest BCUT2D eigenvalue weighted by Crippen LogP contribution is 2.02. The molecule has 3 heterocycles. The van der Waals surface area contributed by atoms with Gasteiger partial charge in [-0.15, -0.1) is 0 Å². The van der Waals surface area contributed by atoms with Crippen LogP contribution in [0.15, 0.2) is 0 Å². The molecule has 3 rings (SSSR count). The number of hydrogen-bond donors (Lipinski definition) is 3. The highest BCUT2D eigenvalue weighted by atomic mass is 15.2. The Morgan fingerprint density at radius 2 is 0.667 bits per heavy atom. The third-order valence-electron chi connectivity index (χ3n) is 6.31. The molecule has 0 radical (unpaired) electrons. The van der Waals surface area contributed by atoms with Gasteiger partial charge in [-0.05, 0) is 100 Å². The first kappa shape index (κ1) is 27.8. The summed E-state index contributed by atoms with van der Waals surface area (Å²) in [6.07, 6.45) is 3.91. The molecule has 3 aliphatic rings. The van der Waals surface area contributed by atoms with Gasteiger partial charge in [0.2, 0.25) is 0 Å². The fraction of sp³-hybridized carbons (Fsp3) is 1.00. The van der Waals surface area contributed by atoms with Gasteiger partial charge in [0.25, 0.3) is 0 Å². The molecule has 180 valence electrons. The molecule has 6 heteroatoms. The van der Waals surface area contributed by atoms with Gasteiger partial charge in [-0.2, -0.15) is 0 Å². The number of nitrogens with one attached hydrogen (secondary N) is 3. The molecule has 3 fully saturated rings. The molecule has 0 amide bonds. The summed E-state index contributed by atoms with van der Waals surface area (Å²) in [5.74, 6) is 0. The minimum absolute atomic E-state index is 0.722. The molecule has 30 heavy (non-hydrogen) atoms. The zero-order valence-electron chi connectivity index (χ0n) is 21.2. The van der Waals surface area contributed by atoms with E-state index < -0.39 is 0 Å². The Morgan fingerprint density at radius 3 is 1.03 bits per heavy atom. The van der Waals surface area contributed by atoms with Crippen LogP contribution in [-0.4, -0.2) is 111 Å². The predicted molar refractivity (Wildman–Crippen MR) is 133 cm³/mol. The molecular weight excluding hydrogens is 372 g/mol. The van der Waals surface area contributed by atoms with Crippen LogP contribution in [-0.2, 0) is 0 Å². The van der Waals surface area contributed by atoms with Crippen LogP contribution in [0.3, 0.4) is 0 Å². The normalized spacial score (nSPS) is 23.1. The number of nitrogens with zero attached hydrogens (tertiary/aromatic N) is 3. The number of rotatable bonds is 3. The van der Waals surface area contributed by atoms with Crippen molar-refractivity contribution in [1.82, 2.24) is 30.7 Å². The lowest BCUT2D eigenvalue weighted by atomic mass is 10.2. The Hall–Kier alpha value is -0.240. The second kappa shape index (κ2) is 17.3. The van der Waals surface area contributed by atoms with Gasteiger partial charge in [-0.3, -0.25) is 9.80 Å². The smallest absolute Gasteiger partial charge is 0.0110 e. The van der Waals surface area contributed by atoms with Crippen molar-refractivity contribution in [2.75, 3.05) is 78.5 Å². The molecule has 3 aliphatic heterocycles. The van der Waals surface area contributed by atoms with Gasteiger partial charge in [0, 0.05) is 57.4 Å². The monoisotopic (exact) mass is 426 g/mol. The number of piperazine rings is 1. The van der Waals surface area contributed by atoms with E-state index in [0.29, 0.717) is 0 Å². The van der Waals surface area contributed by atoms with Crippen LogP contribution in [0.4, 0.5) is 0 Å². The molecule has 3 saturated heterocycles. The Morgan fingerprint density at radius 1 is 0.400 bits per heavy atom. The minimum atomic E-state index is 0.722. The Labute approximate surface area is 188 Å². The van der Waals surface area contributed by atoms with E-state index in [1.54, 1.807) is 0 Å². The summed E-state index contributed by atoms with van der Waals surface area (Å²) < 4.78 is 0. The Balaban J connectivity index is 0.000000226. The average Bonchev–Trinajstić information content (AvgIpc) is 2.99. The molecule has 0 aromatic rings. The zero-order chi connectivity index (χ0) is 22.2. The van der Waals surface area contributed by atoms with Crippen LogP contribution >= 0.6 is 0 Å². The average molecular weight is 427 g/mol. The summed E-state index contributed by atoms with van der Waals surface area (Å²) in [6, 6.07) is 2.18. The van der Waals surface area contributed by atoms with Gasteiger partial charge >= 0.3 is 0 Å². The topological polar surface area (TPSA) is 45.8 Å². The molecule has 0 atom stereocenters. The molecule has 0 bridgehead atoms. The van der Waals surface area contributed by atoms with Gasteiger partial charge in [0.15, 0.2) is 0 Å². The third kappa shape index (κ3) is 13.2.